The van der Waals surface area contributed by atoms with Crippen molar-refractivity contribution in [2.45, 2.75) is 33.1 Å². The van der Waals surface area contributed by atoms with E-state index in [1.165, 1.54) is 12.1 Å². The zero-order valence-electron chi connectivity index (χ0n) is 12.0. The van der Waals surface area contributed by atoms with Gasteiger partial charge < -0.3 is 4.90 Å². The van der Waals surface area contributed by atoms with Crippen LogP contribution in [0, 0.1) is 11.2 Å². The predicted octanol–water partition coefficient (Wildman–Crippen LogP) is 3.05. The van der Waals surface area contributed by atoms with Crippen LogP contribution in [-0.4, -0.2) is 29.7 Å². The van der Waals surface area contributed by atoms with Crippen LogP contribution in [0.3, 0.4) is 0 Å². The molecule has 1 aliphatic rings. The van der Waals surface area contributed by atoms with Gasteiger partial charge in [-0.25, -0.2) is 4.39 Å². The van der Waals surface area contributed by atoms with E-state index in [-0.39, 0.29) is 29.2 Å². The van der Waals surface area contributed by atoms with Crippen molar-refractivity contribution in [1.82, 2.24) is 4.90 Å². The first kappa shape index (κ1) is 14.7. The van der Waals surface area contributed by atoms with Crippen LogP contribution >= 0.6 is 0 Å². The van der Waals surface area contributed by atoms with Crippen LogP contribution in [0.5, 0.6) is 0 Å². The summed E-state index contributed by atoms with van der Waals surface area (Å²) in [5.41, 5.74) is 0.176. The van der Waals surface area contributed by atoms with Gasteiger partial charge in [0.05, 0.1) is 12.1 Å². The third kappa shape index (κ3) is 3.44. The Hall–Kier alpha value is -1.71. The van der Waals surface area contributed by atoms with Crippen molar-refractivity contribution in [2.24, 2.45) is 5.41 Å². The minimum atomic E-state index is -0.528. The second-order valence-electron chi connectivity index (χ2n) is 6.13. The minimum absolute atomic E-state index is 0.0136. The molecule has 2 rings (SSSR count). The molecular weight excluding hydrogens is 257 g/mol. The van der Waals surface area contributed by atoms with Crippen LogP contribution in [0.25, 0.3) is 0 Å². The van der Waals surface area contributed by atoms with Gasteiger partial charge in [0.25, 0.3) is 0 Å². The van der Waals surface area contributed by atoms with Gasteiger partial charge in [0.15, 0.2) is 5.78 Å². The molecule has 0 bridgehead atoms. The van der Waals surface area contributed by atoms with E-state index in [4.69, 9.17) is 0 Å². The number of carbonyl (C=O) groups is 2. The van der Waals surface area contributed by atoms with Crippen molar-refractivity contribution in [3.8, 4) is 0 Å². The van der Waals surface area contributed by atoms with E-state index in [1.807, 2.05) is 0 Å². The number of benzene rings is 1. The number of rotatable bonds is 3. The molecule has 1 aromatic carbocycles. The molecule has 0 aliphatic carbocycles. The molecule has 1 heterocycles. The molecule has 0 N–H and O–H groups in total. The molecule has 0 spiro atoms. The number of carbonyl (C=O) groups excluding carboxylic acids is 2. The molecule has 1 saturated heterocycles. The van der Waals surface area contributed by atoms with Gasteiger partial charge in [0.2, 0.25) is 5.91 Å². The molecule has 0 unspecified atom stereocenters. The summed E-state index contributed by atoms with van der Waals surface area (Å²) in [6, 6.07) is 5.90. The fourth-order valence-corrected chi connectivity index (χ4v) is 2.40. The molecule has 108 valence electrons. The topological polar surface area (TPSA) is 37.4 Å². The highest BCUT2D eigenvalue weighted by Gasteiger charge is 2.28. The Kier molecular flexibility index (Phi) is 4.21. The van der Waals surface area contributed by atoms with Gasteiger partial charge in [-0.05, 0) is 30.4 Å². The van der Waals surface area contributed by atoms with E-state index in [1.54, 1.807) is 17.0 Å². The third-order valence-electron chi connectivity index (χ3n) is 3.94. The first-order valence-corrected chi connectivity index (χ1v) is 6.94. The summed E-state index contributed by atoms with van der Waals surface area (Å²) >= 11 is 0. The second-order valence-corrected chi connectivity index (χ2v) is 6.13. The summed E-state index contributed by atoms with van der Waals surface area (Å²) in [4.78, 5) is 25.7. The van der Waals surface area contributed by atoms with Gasteiger partial charge in [0, 0.05) is 13.0 Å². The number of hydrogen-bond acceptors (Lipinski definition) is 2. The maximum absolute atomic E-state index is 13.6. The fourth-order valence-electron chi connectivity index (χ4n) is 2.40. The fraction of sp³-hybridized carbons (Fsp3) is 0.500. The van der Waals surface area contributed by atoms with E-state index in [0.29, 0.717) is 13.0 Å². The number of likely N-dealkylation sites (tertiary alicyclic amines) is 1. The van der Waals surface area contributed by atoms with Gasteiger partial charge in [-0.3, -0.25) is 9.59 Å². The zero-order valence-corrected chi connectivity index (χ0v) is 12.0. The molecule has 0 saturated carbocycles. The van der Waals surface area contributed by atoms with Gasteiger partial charge in [0.1, 0.15) is 5.82 Å². The highest BCUT2D eigenvalue weighted by molar-refractivity contribution is 5.99. The Bertz CT molecular complexity index is 525. The number of Topliss-reactive ketones (excluding diaryl/α,β-unsaturated/α-hetero) is 1. The number of ketones is 1. The van der Waals surface area contributed by atoms with Gasteiger partial charge >= 0.3 is 0 Å². The molecule has 3 nitrogen and oxygen atoms in total. The van der Waals surface area contributed by atoms with E-state index in [0.717, 1.165) is 12.8 Å². The van der Waals surface area contributed by atoms with Crippen LogP contribution in [0.1, 0.15) is 43.5 Å². The van der Waals surface area contributed by atoms with Gasteiger partial charge in [-0.1, -0.05) is 26.0 Å². The summed E-state index contributed by atoms with van der Waals surface area (Å²) in [7, 11) is 0. The van der Waals surface area contributed by atoms with E-state index in [9.17, 15) is 14.0 Å². The SMILES string of the molecule is CC1(C)CCC(=O)N(CC(=O)c2ccccc2F)CC1. The van der Waals surface area contributed by atoms with E-state index >= 15 is 0 Å². The molecule has 4 heteroatoms. The maximum Gasteiger partial charge on any atom is 0.222 e. The normalized spacial score (nSPS) is 18.8. The second kappa shape index (κ2) is 5.73. The van der Waals surface area contributed by atoms with Crippen LogP contribution in [-0.2, 0) is 4.79 Å². The monoisotopic (exact) mass is 277 g/mol. The lowest BCUT2D eigenvalue weighted by atomic mass is 9.85. The number of nitrogens with zero attached hydrogens (tertiary/aromatic N) is 1. The zero-order chi connectivity index (χ0) is 14.8. The average molecular weight is 277 g/mol. The van der Waals surface area contributed by atoms with Crippen LogP contribution in [0.15, 0.2) is 24.3 Å². The van der Waals surface area contributed by atoms with E-state index < -0.39 is 5.82 Å². The third-order valence-corrected chi connectivity index (χ3v) is 3.94. The lowest BCUT2D eigenvalue weighted by Gasteiger charge is -2.23. The lowest BCUT2D eigenvalue weighted by molar-refractivity contribution is -0.130. The summed E-state index contributed by atoms with van der Waals surface area (Å²) in [5, 5.41) is 0. The quantitative estimate of drug-likeness (QED) is 0.796. The van der Waals surface area contributed by atoms with Crippen molar-refractivity contribution in [2.75, 3.05) is 13.1 Å². The molecule has 1 amide bonds. The van der Waals surface area contributed by atoms with Crippen molar-refractivity contribution < 1.29 is 14.0 Å². The summed E-state index contributed by atoms with van der Waals surface area (Å²) < 4.78 is 13.6. The Morgan fingerprint density at radius 1 is 1.30 bits per heavy atom. The molecule has 0 aromatic heterocycles. The maximum atomic E-state index is 13.6. The summed E-state index contributed by atoms with van der Waals surface area (Å²) in [5.74, 6) is -0.878. The predicted molar refractivity (Wildman–Crippen MR) is 74.9 cm³/mol. The highest BCUT2D eigenvalue weighted by Crippen LogP contribution is 2.30. The minimum Gasteiger partial charge on any atom is -0.335 e. The molecular formula is C16H20FNO2. The Labute approximate surface area is 118 Å². The van der Waals surface area contributed by atoms with Crippen molar-refractivity contribution >= 4 is 11.7 Å². The van der Waals surface area contributed by atoms with Gasteiger partial charge in [-0.2, -0.15) is 0 Å². The largest absolute Gasteiger partial charge is 0.335 e. The first-order chi connectivity index (χ1) is 9.39. The number of halogens is 1. The molecule has 1 aromatic rings. The Morgan fingerprint density at radius 2 is 2.00 bits per heavy atom. The van der Waals surface area contributed by atoms with Crippen molar-refractivity contribution in [1.29, 1.82) is 0 Å². The molecule has 1 aliphatic heterocycles. The van der Waals surface area contributed by atoms with Gasteiger partial charge in [-0.15, -0.1) is 0 Å². The number of hydrogen-bond donors (Lipinski definition) is 0. The van der Waals surface area contributed by atoms with E-state index in [2.05, 4.69) is 13.8 Å². The highest BCUT2D eigenvalue weighted by atomic mass is 19.1. The van der Waals surface area contributed by atoms with Crippen molar-refractivity contribution in [3.05, 3.63) is 35.6 Å². The first-order valence-electron chi connectivity index (χ1n) is 6.94. The average Bonchev–Trinajstić information content (AvgIpc) is 2.52. The molecule has 20 heavy (non-hydrogen) atoms. The summed E-state index contributed by atoms with van der Waals surface area (Å²) in [6.07, 6.45) is 2.15. The molecule has 0 radical (unpaired) electrons. The smallest absolute Gasteiger partial charge is 0.222 e. The van der Waals surface area contributed by atoms with Crippen LogP contribution in [0.4, 0.5) is 4.39 Å². The van der Waals surface area contributed by atoms with Crippen molar-refractivity contribution in [3.63, 3.8) is 0 Å². The summed E-state index contributed by atoms with van der Waals surface area (Å²) in [6.45, 7) is 4.78. The molecule has 1 fully saturated rings. The number of amides is 1. The molecule has 0 atom stereocenters. The Morgan fingerprint density at radius 3 is 2.70 bits per heavy atom. The van der Waals surface area contributed by atoms with Crippen LogP contribution < -0.4 is 0 Å². The Balaban J connectivity index is 2.07. The standard InChI is InChI=1S/C16H20FNO2/c1-16(2)8-7-15(20)18(10-9-16)11-14(19)12-5-3-4-6-13(12)17/h3-6H,7-11H2,1-2H3. The lowest BCUT2D eigenvalue weighted by Crippen LogP contribution is -2.35. The van der Waals surface area contributed by atoms with Crippen LogP contribution in [0.2, 0.25) is 0 Å².